The molecule has 1 atom stereocenters. The van der Waals surface area contributed by atoms with E-state index in [4.69, 9.17) is 4.74 Å². The smallest absolute Gasteiger partial charge is 0.317 e. The molecule has 128 valence electrons. The molecule has 0 spiro atoms. The summed E-state index contributed by atoms with van der Waals surface area (Å²) in [6, 6.07) is 0.518. The highest BCUT2D eigenvalue weighted by Gasteiger charge is 2.28. The number of amides is 2. The molecule has 5 nitrogen and oxygen atoms in total. The summed E-state index contributed by atoms with van der Waals surface area (Å²) in [6.07, 6.45) is 3.60. The summed E-state index contributed by atoms with van der Waals surface area (Å²) < 4.78 is 5.44. The van der Waals surface area contributed by atoms with Gasteiger partial charge in [-0.15, -0.1) is 0 Å². The minimum atomic E-state index is 0.118. The number of nitrogens with zero attached hydrogens (tertiary/aromatic N) is 2. The normalized spacial score (nSPS) is 20.9. The van der Waals surface area contributed by atoms with Gasteiger partial charge in [-0.25, -0.2) is 4.79 Å². The lowest BCUT2D eigenvalue weighted by molar-refractivity contribution is 0.00693. The number of urea groups is 1. The molecule has 1 heterocycles. The number of rotatable bonds is 8. The standard InChI is InChI=1S/C17H33N3O2/c1-4-7-20(13-15-5-6-15)17(21)18-12-16(14(2)3)19-8-10-22-11-9-19/h14-16H,4-13H2,1-3H3,(H,18,21). The Kier molecular flexibility index (Phi) is 6.96. The van der Waals surface area contributed by atoms with Gasteiger partial charge in [0, 0.05) is 38.8 Å². The van der Waals surface area contributed by atoms with Crippen molar-refractivity contribution in [2.75, 3.05) is 45.9 Å². The SMILES string of the molecule is CCCN(CC1CC1)C(=O)NCC(C(C)C)N1CCOCC1. The van der Waals surface area contributed by atoms with Crippen LogP contribution in [-0.2, 0) is 4.74 Å². The molecule has 0 bridgehead atoms. The van der Waals surface area contributed by atoms with Crippen molar-refractivity contribution in [2.45, 2.75) is 46.1 Å². The van der Waals surface area contributed by atoms with Crippen LogP contribution >= 0.6 is 0 Å². The molecule has 1 aliphatic heterocycles. The van der Waals surface area contributed by atoms with Crippen molar-refractivity contribution in [3.8, 4) is 0 Å². The molecule has 2 fully saturated rings. The van der Waals surface area contributed by atoms with Crippen molar-refractivity contribution in [3.05, 3.63) is 0 Å². The highest BCUT2D eigenvalue weighted by atomic mass is 16.5. The Balaban J connectivity index is 1.82. The molecule has 22 heavy (non-hydrogen) atoms. The molecule has 2 amide bonds. The summed E-state index contributed by atoms with van der Waals surface area (Å²) in [5, 5.41) is 3.18. The molecule has 1 saturated carbocycles. The zero-order valence-electron chi connectivity index (χ0n) is 14.5. The molecular weight excluding hydrogens is 278 g/mol. The quantitative estimate of drug-likeness (QED) is 0.747. The van der Waals surface area contributed by atoms with Gasteiger partial charge in [-0.05, 0) is 31.1 Å². The summed E-state index contributed by atoms with van der Waals surface area (Å²) in [7, 11) is 0. The summed E-state index contributed by atoms with van der Waals surface area (Å²) in [6.45, 7) is 12.7. The molecule has 2 aliphatic rings. The number of carbonyl (C=O) groups excluding carboxylic acids is 1. The van der Waals surface area contributed by atoms with Crippen LogP contribution in [-0.4, -0.2) is 67.8 Å². The van der Waals surface area contributed by atoms with E-state index in [0.717, 1.165) is 58.3 Å². The maximum Gasteiger partial charge on any atom is 0.317 e. The van der Waals surface area contributed by atoms with Gasteiger partial charge in [0.25, 0.3) is 0 Å². The van der Waals surface area contributed by atoms with E-state index in [1.165, 1.54) is 12.8 Å². The van der Waals surface area contributed by atoms with E-state index in [9.17, 15) is 4.79 Å². The fourth-order valence-electron chi connectivity index (χ4n) is 3.16. The summed E-state index contributed by atoms with van der Waals surface area (Å²) >= 11 is 0. The minimum Gasteiger partial charge on any atom is -0.379 e. The number of morpholine rings is 1. The third-order valence-electron chi connectivity index (χ3n) is 4.70. The molecular formula is C17H33N3O2. The fourth-order valence-corrected chi connectivity index (χ4v) is 3.16. The van der Waals surface area contributed by atoms with Crippen LogP contribution in [0.2, 0.25) is 0 Å². The van der Waals surface area contributed by atoms with Gasteiger partial charge in [-0.1, -0.05) is 20.8 Å². The van der Waals surface area contributed by atoms with Gasteiger partial charge in [0.1, 0.15) is 0 Å². The van der Waals surface area contributed by atoms with Gasteiger partial charge in [0.05, 0.1) is 13.2 Å². The van der Waals surface area contributed by atoms with Crippen LogP contribution in [0, 0.1) is 11.8 Å². The van der Waals surface area contributed by atoms with E-state index in [0.29, 0.717) is 12.0 Å². The van der Waals surface area contributed by atoms with Gasteiger partial charge in [0.15, 0.2) is 0 Å². The largest absolute Gasteiger partial charge is 0.379 e. The van der Waals surface area contributed by atoms with Crippen LogP contribution in [0.1, 0.15) is 40.0 Å². The van der Waals surface area contributed by atoms with Crippen LogP contribution in [0.15, 0.2) is 0 Å². The third kappa shape index (κ3) is 5.43. The first-order valence-electron chi connectivity index (χ1n) is 8.96. The molecule has 2 rings (SSSR count). The second-order valence-corrected chi connectivity index (χ2v) is 7.04. The number of carbonyl (C=O) groups is 1. The first-order chi connectivity index (χ1) is 10.6. The van der Waals surface area contributed by atoms with E-state index >= 15 is 0 Å². The monoisotopic (exact) mass is 311 g/mol. The molecule has 1 N–H and O–H groups in total. The molecule has 0 radical (unpaired) electrons. The van der Waals surface area contributed by atoms with Gasteiger partial charge < -0.3 is 15.0 Å². The number of hydrogen-bond donors (Lipinski definition) is 1. The van der Waals surface area contributed by atoms with Gasteiger partial charge in [0.2, 0.25) is 0 Å². The molecule has 1 aliphatic carbocycles. The predicted molar refractivity (Wildman–Crippen MR) is 89.0 cm³/mol. The van der Waals surface area contributed by atoms with Crippen molar-refractivity contribution >= 4 is 6.03 Å². The molecule has 0 aromatic rings. The zero-order valence-corrected chi connectivity index (χ0v) is 14.5. The Hall–Kier alpha value is -0.810. The van der Waals surface area contributed by atoms with E-state index in [1.807, 2.05) is 4.90 Å². The van der Waals surface area contributed by atoms with Crippen molar-refractivity contribution in [2.24, 2.45) is 11.8 Å². The maximum absolute atomic E-state index is 12.5. The van der Waals surface area contributed by atoms with Gasteiger partial charge in [-0.2, -0.15) is 0 Å². The summed E-state index contributed by atoms with van der Waals surface area (Å²) in [5.74, 6) is 1.28. The average molecular weight is 311 g/mol. The number of ether oxygens (including phenoxy) is 1. The first-order valence-corrected chi connectivity index (χ1v) is 8.96. The van der Waals surface area contributed by atoms with E-state index in [2.05, 4.69) is 31.0 Å². The Bertz CT molecular complexity index is 339. The van der Waals surface area contributed by atoms with Crippen molar-refractivity contribution in [1.29, 1.82) is 0 Å². The lowest BCUT2D eigenvalue weighted by atomic mass is 10.0. The van der Waals surface area contributed by atoms with Crippen LogP contribution in [0.25, 0.3) is 0 Å². The van der Waals surface area contributed by atoms with Crippen molar-refractivity contribution in [1.82, 2.24) is 15.1 Å². The Labute approximate surface area is 135 Å². The molecule has 5 heteroatoms. The molecule has 1 unspecified atom stereocenters. The molecule has 0 aromatic carbocycles. The Morgan fingerprint density at radius 2 is 2.00 bits per heavy atom. The van der Waals surface area contributed by atoms with Crippen molar-refractivity contribution in [3.63, 3.8) is 0 Å². The number of nitrogens with one attached hydrogen (secondary N) is 1. The summed E-state index contributed by atoms with van der Waals surface area (Å²) in [4.78, 5) is 16.9. The predicted octanol–water partition coefficient (Wildman–Crippen LogP) is 2.17. The highest BCUT2D eigenvalue weighted by Crippen LogP contribution is 2.29. The van der Waals surface area contributed by atoms with Crippen LogP contribution in [0.3, 0.4) is 0 Å². The molecule has 1 saturated heterocycles. The Morgan fingerprint density at radius 1 is 1.32 bits per heavy atom. The lowest BCUT2D eigenvalue weighted by Gasteiger charge is -2.37. The third-order valence-corrected chi connectivity index (χ3v) is 4.70. The van der Waals surface area contributed by atoms with E-state index in [-0.39, 0.29) is 6.03 Å². The first kappa shape index (κ1) is 17.5. The Morgan fingerprint density at radius 3 is 2.55 bits per heavy atom. The lowest BCUT2D eigenvalue weighted by Crippen LogP contribution is -2.53. The number of hydrogen-bond acceptors (Lipinski definition) is 3. The van der Waals surface area contributed by atoms with Gasteiger partial charge in [-0.3, -0.25) is 4.90 Å². The zero-order chi connectivity index (χ0) is 15.9. The van der Waals surface area contributed by atoms with Gasteiger partial charge >= 0.3 is 6.03 Å². The average Bonchev–Trinajstić information content (AvgIpc) is 3.31. The minimum absolute atomic E-state index is 0.118. The van der Waals surface area contributed by atoms with Crippen molar-refractivity contribution < 1.29 is 9.53 Å². The molecule has 0 aromatic heterocycles. The second kappa shape index (κ2) is 8.73. The summed E-state index contributed by atoms with van der Waals surface area (Å²) in [5.41, 5.74) is 0. The highest BCUT2D eigenvalue weighted by molar-refractivity contribution is 5.74. The van der Waals surface area contributed by atoms with Crippen LogP contribution < -0.4 is 5.32 Å². The topological polar surface area (TPSA) is 44.8 Å². The van der Waals surface area contributed by atoms with E-state index < -0.39 is 0 Å². The fraction of sp³-hybridized carbons (Fsp3) is 0.941. The second-order valence-electron chi connectivity index (χ2n) is 7.04. The maximum atomic E-state index is 12.5. The van der Waals surface area contributed by atoms with E-state index in [1.54, 1.807) is 0 Å². The van der Waals surface area contributed by atoms with Crippen LogP contribution in [0.5, 0.6) is 0 Å². The van der Waals surface area contributed by atoms with Crippen LogP contribution in [0.4, 0.5) is 4.79 Å².